The molecule has 1 aliphatic carbocycles. The Morgan fingerprint density at radius 1 is 1.27 bits per heavy atom. The summed E-state index contributed by atoms with van der Waals surface area (Å²) in [5, 5.41) is 25.8. The predicted octanol–water partition coefficient (Wildman–Crippen LogP) is 1.95. The molecule has 0 saturated heterocycles. The second kappa shape index (κ2) is 15.4. The van der Waals surface area contributed by atoms with Crippen molar-refractivity contribution in [1.29, 1.82) is 0 Å². The fraction of sp³-hybridized carbons (Fsp3) is 0.591. The van der Waals surface area contributed by atoms with Gasteiger partial charge in [-0.15, -0.1) is 21.9 Å². The molecule has 3 N–H and O–H groups in total. The maximum absolute atomic E-state index is 12.1. The molecule has 0 aromatic heterocycles. The van der Waals surface area contributed by atoms with Crippen LogP contribution in [0.2, 0.25) is 0 Å². The van der Waals surface area contributed by atoms with Crippen molar-refractivity contribution in [3.63, 3.8) is 0 Å². The third-order valence-electron chi connectivity index (χ3n) is 4.93. The molecule has 1 aliphatic rings. The Bertz CT molecular complexity index is 752. The van der Waals surface area contributed by atoms with Crippen LogP contribution in [0.15, 0.2) is 36.9 Å². The molecule has 1 fully saturated rings. The molecule has 1 aromatic rings. The number of hydrogen-bond donors (Lipinski definition) is 3. The zero-order valence-corrected chi connectivity index (χ0v) is 19.5. The van der Waals surface area contributed by atoms with Crippen LogP contribution in [0.25, 0.3) is 0 Å². The number of benzene rings is 1. The van der Waals surface area contributed by atoms with Gasteiger partial charge in [0, 0.05) is 24.9 Å². The Morgan fingerprint density at radius 3 is 2.73 bits per heavy atom. The first-order valence-corrected chi connectivity index (χ1v) is 12.1. The summed E-state index contributed by atoms with van der Waals surface area (Å²) in [5.74, 6) is 1.23. The summed E-state index contributed by atoms with van der Waals surface area (Å²) < 4.78 is 11.2. The molecule has 3 unspecified atom stereocenters. The number of hydrogen-bond acceptors (Lipinski definition) is 9. The molecule has 0 heterocycles. The Hall–Kier alpha value is -2.50. The Kier molecular flexibility index (Phi) is 12.4. The van der Waals surface area contributed by atoms with E-state index in [1.807, 2.05) is 12.1 Å². The molecule has 1 saturated carbocycles. The van der Waals surface area contributed by atoms with Gasteiger partial charge in [-0.2, -0.15) is 0 Å². The molecular formula is C22H33N3O7S. The number of carbonyl (C=O) groups is 1. The van der Waals surface area contributed by atoms with E-state index >= 15 is 0 Å². The van der Waals surface area contributed by atoms with E-state index in [-0.39, 0.29) is 23.5 Å². The first-order valence-electron chi connectivity index (χ1n) is 11.0. The molecule has 184 valence electrons. The largest absolute Gasteiger partial charge is 0.487 e. The predicted molar refractivity (Wildman–Crippen MR) is 126 cm³/mol. The topological polar surface area (TPSA) is 132 Å². The molecular weight excluding hydrogens is 450 g/mol. The highest BCUT2D eigenvalue weighted by atomic mass is 32.2. The average molecular weight is 484 g/mol. The molecule has 3 atom stereocenters. The van der Waals surface area contributed by atoms with Crippen molar-refractivity contribution in [2.45, 2.75) is 43.1 Å². The zero-order valence-electron chi connectivity index (χ0n) is 18.6. The van der Waals surface area contributed by atoms with Gasteiger partial charge in [0.1, 0.15) is 25.4 Å². The normalized spacial score (nSPS) is 18.7. The highest BCUT2D eigenvalue weighted by Gasteiger charge is 2.29. The number of rotatable bonds is 16. The van der Waals surface area contributed by atoms with Crippen molar-refractivity contribution in [1.82, 2.24) is 10.6 Å². The van der Waals surface area contributed by atoms with Gasteiger partial charge in [0.15, 0.2) is 11.5 Å². The number of carbonyl (C=O) groups excluding carboxylic acids is 1. The van der Waals surface area contributed by atoms with Crippen molar-refractivity contribution in [3.05, 3.63) is 47.0 Å². The lowest BCUT2D eigenvalue weighted by atomic mass is 9.97. The van der Waals surface area contributed by atoms with Crippen LogP contribution in [0.4, 0.5) is 0 Å². The van der Waals surface area contributed by atoms with E-state index in [0.717, 1.165) is 19.3 Å². The maximum atomic E-state index is 12.1. The Morgan fingerprint density at radius 2 is 2.00 bits per heavy atom. The highest BCUT2D eigenvalue weighted by molar-refractivity contribution is 8.00. The van der Waals surface area contributed by atoms with Gasteiger partial charge in [0.05, 0.1) is 5.75 Å². The van der Waals surface area contributed by atoms with Gasteiger partial charge in [-0.25, -0.2) is 0 Å². The Balaban J connectivity index is 1.56. The fourth-order valence-electron chi connectivity index (χ4n) is 3.36. The summed E-state index contributed by atoms with van der Waals surface area (Å²) in [4.78, 5) is 27.4. The lowest BCUT2D eigenvalue weighted by Crippen LogP contribution is -2.38. The van der Waals surface area contributed by atoms with E-state index in [0.29, 0.717) is 44.2 Å². The monoisotopic (exact) mass is 483 g/mol. The minimum atomic E-state index is -0.746. The second-order valence-electron chi connectivity index (χ2n) is 7.57. The van der Waals surface area contributed by atoms with Gasteiger partial charge >= 0.3 is 0 Å². The van der Waals surface area contributed by atoms with Gasteiger partial charge in [0.2, 0.25) is 5.91 Å². The third-order valence-corrected chi connectivity index (χ3v) is 6.33. The average Bonchev–Trinajstić information content (AvgIpc) is 2.80. The number of nitrogens with zero attached hydrogens (tertiary/aromatic N) is 1. The number of thioether (sulfide) groups is 1. The van der Waals surface area contributed by atoms with Crippen molar-refractivity contribution >= 4 is 17.7 Å². The summed E-state index contributed by atoms with van der Waals surface area (Å²) in [6.07, 6.45) is 3.81. The van der Waals surface area contributed by atoms with Gasteiger partial charge in [-0.1, -0.05) is 37.6 Å². The minimum Gasteiger partial charge on any atom is -0.487 e. The summed E-state index contributed by atoms with van der Waals surface area (Å²) in [7, 11) is 0. The molecule has 0 bridgehead atoms. The van der Waals surface area contributed by atoms with Crippen LogP contribution in [-0.4, -0.2) is 72.2 Å². The zero-order chi connectivity index (χ0) is 23.9. The van der Waals surface area contributed by atoms with Gasteiger partial charge in [-0.05, 0) is 25.0 Å². The van der Waals surface area contributed by atoms with Crippen LogP contribution < -0.4 is 20.1 Å². The van der Waals surface area contributed by atoms with Crippen LogP contribution in [0.3, 0.4) is 0 Å². The van der Waals surface area contributed by atoms with E-state index in [1.165, 1.54) is 11.8 Å². The first-order chi connectivity index (χ1) is 16.0. The van der Waals surface area contributed by atoms with E-state index in [1.54, 1.807) is 18.2 Å². The van der Waals surface area contributed by atoms with Crippen LogP contribution in [0.1, 0.15) is 25.7 Å². The lowest BCUT2D eigenvalue weighted by molar-refractivity contribution is -0.768. The minimum absolute atomic E-state index is 0.0459. The number of ether oxygens (including phenoxy) is 2. The highest BCUT2D eigenvalue weighted by Crippen LogP contribution is 2.30. The Labute approximate surface area is 198 Å². The van der Waals surface area contributed by atoms with Gasteiger partial charge < -0.3 is 30.1 Å². The van der Waals surface area contributed by atoms with Crippen molar-refractivity contribution < 1.29 is 29.3 Å². The van der Waals surface area contributed by atoms with Crippen molar-refractivity contribution in [3.8, 4) is 11.5 Å². The quantitative estimate of drug-likeness (QED) is 0.140. The van der Waals surface area contributed by atoms with E-state index in [4.69, 9.17) is 14.3 Å². The summed E-state index contributed by atoms with van der Waals surface area (Å²) >= 11 is 1.40. The fourth-order valence-corrected chi connectivity index (χ4v) is 4.56. The molecule has 10 nitrogen and oxygen atoms in total. The summed E-state index contributed by atoms with van der Waals surface area (Å²) in [6.45, 7) is 5.28. The molecule has 0 aliphatic heterocycles. The second-order valence-corrected chi connectivity index (χ2v) is 8.79. The smallest absolute Gasteiger partial charge is 0.294 e. The molecule has 0 spiro atoms. The maximum Gasteiger partial charge on any atom is 0.294 e. The molecule has 11 heteroatoms. The molecule has 1 aromatic carbocycles. The van der Waals surface area contributed by atoms with E-state index in [2.05, 4.69) is 17.2 Å². The molecule has 33 heavy (non-hydrogen) atoms. The molecule has 1 amide bonds. The van der Waals surface area contributed by atoms with Crippen molar-refractivity contribution in [2.24, 2.45) is 0 Å². The van der Waals surface area contributed by atoms with Crippen LogP contribution >= 0.6 is 11.8 Å². The summed E-state index contributed by atoms with van der Waals surface area (Å²) in [5.41, 5.74) is 0. The first kappa shape index (κ1) is 26.7. The number of amides is 1. The molecule has 0 radical (unpaired) electrons. The lowest BCUT2D eigenvalue weighted by Gasteiger charge is -2.28. The van der Waals surface area contributed by atoms with Crippen LogP contribution in [-0.2, 0) is 9.63 Å². The van der Waals surface area contributed by atoms with Crippen molar-refractivity contribution in [2.75, 3.05) is 38.6 Å². The SMILES string of the molecule is C=CCOc1ccccc1OCC(O)CNCCNC(=O)CSC1CCCCC1O[N+](=O)[O-]. The summed E-state index contributed by atoms with van der Waals surface area (Å²) in [6, 6.07) is 7.22. The van der Waals surface area contributed by atoms with E-state index in [9.17, 15) is 20.0 Å². The van der Waals surface area contributed by atoms with Gasteiger partial charge in [0.25, 0.3) is 5.09 Å². The number of nitrogens with one attached hydrogen (secondary N) is 2. The third kappa shape index (κ3) is 10.8. The van der Waals surface area contributed by atoms with Gasteiger partial charge in [-0.3, -0.25) is 4.79 Å². The van der Waals surface area contributed by atoms with Crippen LogP contribution in [0.5, 0.6) is 11.5 Å². The van der Waals surface area contributed by atoms with Crippen LogP contribution in [0, 0.1) is 10.1 Å². The number of para-hydroxylation sites is 2. The molecule has 2 rings (SSSR count). The number of aliphatic hydroxyl groups excluding tert-OH is 1. The number of aliphatic hydroxyl groups is 1. The standard InChI is InChI=1S/C22H33N3O7S/c1-2-13-30-18-7-3-4-8-19(18)31-15-17(26)14-23-11-12-24-22(27)16-33-21-10-6-5-9-20(21)32-25(28)29/h2-4,7-8,17,20-21,23,26H,1,5-6,9-16H2,(H,24,27). The van der Waals surface area contributed by atoms with E-state index < -0.39 is 17.3 Å².